The summed E-state index contributed by atoms with van der Waals surface area (Å²) in [6.07, 6.45) is 11.2. The molecule has 21 heavy (non-hydrogen) atoms. The van der Waals surface area contributed by atoms with Gasteiger partial charge in [0.2, 0.25) is 0 Å². The maximum atomic E-state index is 10.0. The molecule has 0 amide bonds. The second-order valence-corrected chi connectivity index (χ2v) is 9.49. The van der Waals surface area contributed by atoms with Crippen LogP contribution in [0.4, 0.5) is 0 Å². The van der Waals surface area contributed by atoms with Crippen molar-refractivity contribution in [1.82, 2.24) is 0 Å². The zero-order chi connectivity index (χ0) is 15.3. The standard InChI is InChI=1S/C20H36O/c1-14(2)15-6-8-17-16(12-15)7-9-18-19(3,13-21)10-5-11-20(17,18)4/h14-18,21H,5-13H2,1-4H3/t15-,16-,17+,18+,19+,20-/m1/s1. The molecule has 0 aromatic heterocycles. The predicted molar refractivity (Wildman–Crippen MR) is 89.0 cm³/mol. The first-order valence-corrected chi connectivity index (χ1v) is 9.51. The van der Waals surface area contributed by atoms with Gasteiger partial charge >= 0.3 is 0 Å². The van der Waals surface area contributed by atoms with Crippen LogP contribution in [-0.4, -0.2) is 11.7 Å². The molecule has 0 spiro atoms. The molecular formula is C20H36O. The topological polar surface area (TPSA) is 20.2 Å². The molecule has 3 aliphatic rings. The lowest BCUT2D eigenvalue weighted by Crippen LogP contribution is -2.54. The first kappa shape index (κ1) is 15.8. The lowest BCUT2D eigenvalue weighted by atomic mass is 9.44. The van der Waals surface area contributed by atoms with E-state index in [-0.39, 0.29) is 5.41 Å². The molecule has 3 rings (SSSR count). The van der Waals surface area contributed by atoms with Crippen LogP contribution in [0.3, 0.4) is 0 Å². The maximum Gasteiger partial charge on any atom is 0.0487 e. The first-order valence-electron chi connectivity index (χ1n) is 9.51. The predicted octanol–water partition coefficient (Wildman–Crippen LogP) is 5.27. The number of hydrogen-bond donors (Lipinski definition) is 1. The molecule has 3 aliphatic carbocycles. The molecular weight excluding hydrogens is 256 g/mol. The van der Waals surface area contributed by atoms with E-state index in [1.165, 1.54) is 51.4 Å². The van der Waals surface area contributed by atoms with Gasteiger partial charge in [-0.05, 0) is 85.4 Å². The van der Waals surface area contributed by atoms with Gasteiger partial charge in [0.25, 0.3) is 0 Å². The monoisotopic (exact) mass is 292 g/mol. The zero-order valence-corrected chi connectivity index (χ0v) is 14.7. The molecule has 0 aliphatic heterocycles. The highest BCUT2D eigenvalue weighted by Crippen LogP contribution is 2.64. The van der Waals surface area contributed by atoms with Crippen LogP contribution in [0.15, 0.2) is 0 Å². The Hall–Kier alpha value is -0.0400. The van der Waals surface area contributed by atoms with Crippen molar-refractivity contribution >= 4 is 0 Å². The van der Waals surface area contributed by atoms with Gasteiger partial charge < -0.3 is 5.11 Å². The van der Waals surface area contributed by atoms with Crippen molar-refractivity contribution in [3.05, 3.63) is 0 Å². The van der Waals surface area contributed by atoms with Crippen LogP contribution < -0.4 is 0 Å². The SMILES string of the molecule is CC(C)[C@@H]1CC[C@H]2[C@H](CC[C@H]3[C@](C)(CO)CCC[C@]23C)C1. The van der Waals surface area contributed by atoms with E-state index in [1.54, 1.807) is 0 Å². The van der Waals surface area contributed by atoms with Gasteiger partial charge in [-0.25, -0.2) is 0 Å². The van der Waals surface area contributed by atoms with E-state index < -0.39 is 0 Å². The van der Waals surface area contributed by atoms with Crippen LogP contribution in [0, 0.1) is 40.4 Å². The Morgan fingerprint density at radius 1 is 1.05 bits per heavy atom. The summed E-state index contributed by atoms with van der Waals surface area (Å²) in [5.74, 6) is 4.52. The molecule has 1 heteroatoms. The molecule has 0 aromatic carbocycles. The largest absolute Gasteiger partial charge is 0.396 e. The lowest BCUT2D eigenvalue weighted by Gasteiger charge is -2.61. The molecule has 3 saturated carbocycles. The van der Waals surface area contributed by atoms with Gasteiger partial charge in [-0.1, -0.05) is 34.1 Å². The molecule has 122 valence electrons. The summed E-state index contributed by atoms with van der Waals surface area (Å²) in [6, 6.07) is 0. The van der Waals surface area contributed by atoms with E-state index in [9.17, 15) is 5.11 Å². The second-order valence-electron chi connectivity index (χ2n) is 9.49. The molecule has 1 N–H and O–H groups in total. The average molecular weight is 293 g/mol. The molecule has 0 aromatic rings. The van der Waals surface area contributed by atoms with Crippen LogP contribution in [0.5, 0.6) is 0 Å². The molecule has 0 saturated heterocycles. The fraction of sp³-hybridized carbons (Fsp3) is 1.00. The second kappa shape index (κ2) is 5.55. The van der Waals surface area contributed by atoms with E-state index in [4.69, 9.17) is 0 Å². The zero-order valence-electron chi connectivity index (χ0n) is 14.7. The summed E-state index contributed by atoms with van der Waals surface area (Å²) in [4.78, 5) is 0. The highest BCUT2D eigenvalue weighted by atomic mass is 16.3. The van der Waals surface area contributed by atoms with Crippen molar-refractivity contribution in [1.29, 1.82) is 0 Å². The van der Waals surface area contributed by atoms with Gasteiger partial charge in [0.1, 0.15) is 0 Å². The Morgan fingerprint density at radius 2 is 1.81 bits per heavy atom. The third-order valence-electron chi connectivity index (χ3n) is 8.10. The van der Waals surface area contributed by atoms with Crippen LogP contribution in [0.2, 0.25) is 0 Å². The number of aliphatic hydroxyl groups excluding tert-OH is 1. The van der Waals surface area contributed by atoms with E-state index >= 15 is 0 Å². The first-order chi connectivity index (χ1) is 9.90. The van der Waals surface area contributed by atoms with Gasteiger partial charge in [0, 0.05) is 6.61 Å². The fourth-order valence-electron chi connectivity index (χ4n) is 6.80. The molecule has 6 atom stereocenters. The minimum absolute atomic E-state index is 0.201. The van der Waals surface area contributed by atoms with E-state index in [1.807, 2.05) is 0 Å². The van der Waals surface area contributed by atoms with Crippen molar-refractivity contribution < 1.29 is 5.11 Å². The quantitative estimate of drug-likeness (QED) is 0.734. The fourth-order valence-corrected chi connectivity index (χ4v) is 6.80. The Balaban J connectivity index is 1.82. The molecule has 0 heterocycles. The Bertz CT molecular complexity index is 376. The molecule has 0 unspecified atom stereocenters. The van der Waals surface area contributed by atoms with E-state index in [0.717, 1.165) is 29.6 Å². The summed E-state index contributed by atoms with van der Waals surface area (Å²) in [5.41, 5.74) is 0.716. The molecule has 0 radical (unpaired) electrons. The van der Waals surface area contributed by atoms with Crippen molar-refractivity contribution in [2.75, 3.05) is 6.61 Å². The normalized spacial score (nSPS) is 50.6. The minimum Gasteiger partial charge on any atom is -0.396 e. The number of rotatable bonds is 2. The number of hydrogen-bond acceptors (Lipinski definition) is 1. The van der Waals surface area contributed by atoms with Crippen molar-refractivity contribution in [2.45, 2.75) is 79.1 Å². The third kappa shape index (κ3) is 2.48. The maximum absolute atomic E-state index is 10.0. The Morgan fingerprint density at radius 3 is 2.48 bits per heavy atom. The smallest absolute Gasteiger partial charge is 0.0487 e. The summed E-state index contributed by atoms with van der Waals surface area (Å²) < 4.78 is 0. The Labute approximate surface area is 131 Å². The van der Waals surface area contributed by atoms with Gasteiger partial charge in [-0.3, -0.25) is 0 Å². The van der Waals surface area contributed by atoms with Crippen molar-refractivity contribution in [3.63, 3.8) is 0 Å². The Kier molecular flexibility index (Phi) is 4.19. The highest BCUT2D eigenvalue weighted by molar-refractivity contribution is 5.05. The summed E-state index contributed by atoms with van der Waals surface area (Å²) in [7, 11) is 0. The summed E-state index contributed by atoms with van der Waals surface area (Å²) in [5, 5.41) is 10.0. The van der Waals surface area contributed by atoms with Crippen molar-refractivity contribution in [2.24, 2.45) is 40.4 Å². The molecule has 3 fully saturated rings. The molecule has 0 bridgehead atoms. The average Bonchev–Trinajstić information content (AvgIpc) is 2.46. The van der Waals surface area contributed by atoms with Crippen LogP contribution in [0.1, 0.15) is 79.1 Å². The number of aliphatic hydroxyl groups is 1. The van der Waals surface area contributed by atoms with Crippen LogP contribution >= 0.6 is 0 Å². The lowest BCUT2D eigenvalue weighted by molar-refractivity contribution is -0.135. The van der Waals surface area contributed by atoms with Gasteiger partial charge in [-0.15, -0.1) is 0 Å². The van der Waals surface area contributed by atoms with Crippen LogP contribution in [0.25, 0.3) is 0 Å². The summed E-state index contributed by atoms with van der Waals surface area (Å²) >= 11 is 0. The summed E-state index contributed by atoms with van der Waals surface area (Å²) in [6.45, 7) is 10.2. The minimum atomic E-state index is 0.201. The van der Waals surface area contributed by atoms with E-state index in [2.05, 4.69) is 27.7 Å². The number of fused-ring (bicyclic) bond motifs is 3. The third-order valence-corrected chi connectivity index (χ3v) is 8.10. The van der Waals surface area contributed by atoms with E-state index in [0.29, 0.717) is 12.0 Å². The highest BCUT2D eigenvalue weighted by Gasteiger charge is 2.56. The van der Waals surface area contributed by atoms with Gasteiger partial charge in [-0.2, -0.15) is 0 Å². The van der Waals surface area contributed by atoms with Crippen molar-refractivity contribution in [3.8, 4) is 0 Å². The van der Waals surface area contributed by atoms with Gasteiger partial charge in [0.15, 0.2) is 0 Å². The molecule has 1 nitrogen and oxygen atoms in total. The van der Waals surface area contributed by atoms with Gasteiger partial charge in [0.05, 0.1) is 0 Å². The van der Waals surface area contributed by atoms with Crippen LogP contribution in [-0.2, 0) is 0 Å².